The Hall–Kier alpha value is -3.03. The molecule has 1 N–H and O–H groups in total. The van der Waals surface area contributed by atoms with Gasteiger partial charge in [-0.3, -0.25) is 4.79 Å². The highest BCUT2D eigenvalue weighted by Crippen LogP contribution is 2.32. The Kier molecular flexibility index (Phi) is 4.60. The quantitative estimate of drug-likeness (QED) is 0.836. The van der Waals surface area contributed by atoms with Crippen LogP contribution in [0.25, 0.3) is 0 Å². The molecule has 0 saturated heterocycles. The van der Waals surface area contributed by atoms with E-state index in [0.717, 1.165) is 11.4 Å². The number of esters is 1. The van der Waals surface area contributed by atoms with Gasteiger partial charge in [0.25, 0.3) is 5.91 Å². The van der Waals surface area contributed by atoms with Crippen LogP contribution in [0.1, 0.15) is 21.7 Å². The largest absolute Gasteiger partial charge is 0.496 e. The van der Waals surface area contributed by atoms with E-state index in [1.165, 1.54) is 26.2 Å². The summed E-state index contributed by atoms with van der Waals surface area (Å²) in [7, 11) is 4.26. The molecule has 132 valence electrons. The topological polar surface area (TPSA) is 93.8 Å². The summed E-state index contributed by atoms with van der Waals surface area (Å²) in [4.78, 5) is 34.1. The maximum Gasteiger partial charge on any atom is 0.329 e. The third-order valence-corrected chi connectivity index (χ3v) is 4.27. The van der Waals surface area contributed by atoms with Gasteiger partial charge in [0.1, 0.15) is 23.1 Å². The monoisotopic (exact) mass is 345 g/mol. The zero-order valence-electron chi connectivity index (χ0n) is 14.2. The van der Waals surface area contributed by atoms with E-state index < -0.39 is 12.0 Å². The normalized spacial score (nSPS) is 16.1. The lowest BCUT2D eigenvalue weighted by Crippen LogP contribution is -2.49. The molecule has 8 heteroatoms. The second-order valence-corrected chi connectivity index (χ2v) is 5.54. The van der Waals surface area contributed by atoms with Crippen molar-refractivity contribution in [2.75, 3.05) is 21.3 Å². The van der Waals surface area contributed by atoms with Gasteiger partial charge in [-0.25, -0.2) is 9.78 Å². The molecule has 0 radical (unpaired) electrons. The number of rotatable bonds is 4. The van der Waals surface area contributed by atoms with E-state index in [9.17, 15) is 9.59 Å². The van der Waals surface area contributed by atoms with Crippen molar-refractivity contribution in [1.29, 1.82) is 0 Å². The molecule has 2 heterocycles. The molecular weight excluding hydrogens is 326 g/mol. The maximum absolute atomic E-state index is 13.2. The molecule has 25 heavy (non-hydrogen) atoms. The number of aromatic nitrogens is 2. The second-order valence-electron chi connectivity index (χ2n) is 5.54. The van der Waals surface area contributed by atoms with Gasteiger partial charge >= 0.3 is 5.97 Å². The van der Waals surface area contributed by atoms with E-state index in [4.69, 9.17) is 14.2 Å². The molecule has 0 bridgehead atoms. The van der Waals surface area contributed by atoms with Gasteiger partial charge in [0.2, 0.25) is 0 Å². The Morgan fingerprint density at radius 2 is 1.88 bits per heavy atom. The van der Waals surface area contributed by atoms with E-state index in [-0.39, 0.29) is 24.4 Å². The molecule has 2 aromatic rings. The fourth-order valence-electron chi connectivity index (χ4n) is 3.00. The van der Waals surface area contributed by atoms with E-state index >= 15 is 0 Å². The van der Waals surface area contributed by atoms with E-state index in [1.807, 2.05) is 0 Å². The summed E-state index contributed by atoms with van der Waals surface area (Å²) in [6.07, 6.45) is 1.84. The van der Waals surface area contributed by atoms with Crippen molar-refractivity contribution in [3.63, 3.8) is 0 Å². The Morgan fingerprint density at radius 1 is 1.20 bits per heavy atom. The number of H-pyrrole nitrogens is 1. The summed E-state index contributed by atoms with van der Waals surface area (Å²) >= 11 is 0. The first kappa shape index (κ1) is 16.8. The molecule has 0 aliphatic carbocycles. The first-order valence-corrected chi connectivity index (χ1v) is 7.71. The SMILES string of the molecule is COC(=O)C1Cc2nc[nH]c2CN1C(=O)c1c(OC)cccc1OC. The summed E-state index contributed by atoms with van der Waals surface area (Å²) in [5.41, 5.74) is 1.82. The molecule has 8 nitrogen and oxygen atoms in total. The summed E-state index contributed by atoms with van der Waals surface area (Å²) in [6, 6.07) is 4.32. The molecule has 1 aromatic carbocycles. The fourth-order valence-corrected chi connectivity index (χ4v) is 3.00. The molecule has 1 unspecified atom stereocenters. The smallest absolute Gasteiger partial charge is 0.329 e. The Morgan fingerprint density at radius 3 is 2.48 bits per heavy atom. The van der Waals surface area contributed by atoms with Crippen molar-refractivity contribution in [3.8, 4) is 11.5 Å². The highest BCUT2D eigenvalue weighted by atomic mass is 16.5. The highest BCUT2D eigenvalue weighted by molar-refractivity contribution is 6.01. The molecule has 1 atom stereocenters. The van der Waals surface area contributed by atoms with Gasteiger partial charge in [-0.2, -0.15) is 0 Å². The zero-order valence-corrected chi connectivity index (χ0v) is 14.2. The van der Waals surface area contributed by atoms with Crippen molar-refractivity contribution < 1.29 is 23.8 Å². The minimum absolute atomic E-state index is 0.217. The Balaban J connectivity index is 2.04. The number of benzene rings is 1. The van der Waals surface area contributed by atoms with Gasteiger partial charge < -0.3 is 24.1 Å². The van der Waals surface area contributed by atoms with E-state index in [2.05, 4.69) is 9.97 Å². The summed E-state index contributed by atoms with van der Waals surface area (Å²) in [5, 5.41) is 0. The van der Waals surface area contributed by atoms with Crippen LogP contribution in [0.15, 0.2) is 24.5 Å². The van der Waals surface area contributed by atoms with Crippen molar-refractivity contribution in [2.24, 2.45) is 0 Å². The van der Waals surface area contributed by atoms with Crippen molar-refractivity contribution in [2.45, 2.75) is 19.0 Å². The summed E-state index contributed by atoms with van der Waals surface area (Å²) in [5.74, 6) is -0.104. The van der Waals surface area contributed by atoms with Gasteiger partial charge in [0.15, 0.2) is 0 Å². The lowest BCUT2D eigenvalue weighted by Gasteiger charge is -2.33. The zero-order chi connectivity index (χ0) is 18.0. The predicted octanol–water partition coefficient (Wildman–Crippen LogP) is 1.17. The van der Waals surface area contributed by atoms with Crippen molar-refractivity contribution >= 4 is 11.9 Å². The van der Waals surface area contributed by atoms with Crippen LogP contribution in [0.3, 0.4) is 0 Å². The van der Waals surface area contributed by atoms with Gasteiger partial charge in [-0.15, -0.1) is 0 Å². The average molecular weight is 345 g/mol. The van der Waals surface area contributed by atoms with Crippen LogP contribution in [0.5, 0.6) is 11.5 Å². The number of fused-ring (bicyclic) bond motifs is 1. The Labute approximate surface area is 144 Å². The molecular formula is C17H19N3O5. The van der Waals surface area contributed by atoms with Crippen LogP contribution < -0.4 is 9.47 Å². The number of hydrogen-bond donors (Lipinski definition) is 1. The summed E-state index contributed by atoms with van der Waals surface area (Å²) < 4.78 is 15.5. The van der Waals surface area contributed by atoms with Gasteiger partial charge in [-0.1, -0.05) is 6.07 Å². The molecule has 1 aliphatic heterocycles. The third-order valence-electron chi connectivity index (χ3n) is 4.27. The number of ether oxygens (including phenoxy) is 3. The number of hydrogen-bond acceptors (Lipinski definition) is 6. The number of aromatic amines is 1. The van der Waals surface area contributed by atoms with Crippen LogP contribution in [0, 0.1) is 0 Å². The maximum atomic E-state index is 13.2. The van der Waals surface area contributed by atoms with Crippen LogP contribution in [-0.2, 0) is 22.5 Å². The van der Waals surface area contributed by atoms with E-state index in [1.54, 1.807) is 24.5 Å². The number of imidazole rings is 1. The van der Waals surface area contributed by atoms with Crippen molar-refractivity contribution in [1.82, 2.24) is 14.9 Å². The molecule has 1 amide bonds. The van der Waals surface area contributed by atoms with Gasteiger partial charge in [0, 0.05) is 6.42 Å². The number of nitrogens with one attached hydrogen (secondary N) is 1. The molecule has 0 fully saturated rings. The van der Waals surface area contributed by atoms with Crippen LogP contribution in [0.2, 0.25) is 0 Å². The minimum atomic E-state index is -0.761. The number of nitrogens with zero attached hydrogens (tertiary/aromatic N) is 2. The summed E-state index contributed by atoms with van der Waals surface area (Å²) in [6.45, 7) is 0.217. The first-order chi connectivity index (χ1) is 12.1. The highest BCUT2D eigenvalue weighted by Gasteiger charge is 2.38. The fraction of sp³-hybridized carbons (Fsp3) is 0.353. The van der Waals surface area contributed by atoms with Gasteiger partial charge in [-0.05, 0) is 12.1 Å². The molecule has 0 saturated carbocycles. The molecule has 1 aromatic heterocycles. The number of amides is 1. The number of carbonyl (C=O) groups excluding carboxylic acids is 2. The molecule has 3 rings (SSSR count). The lowest BCUT2D eigenvalue weighted by molar-refractivity contribution is -0.146. The molecule has 0 spiro atoms. The number of methoxy groups -OCH3 is 3. The molecule has 1 aliphatic rings. The average Bonchev–Trinajstić information content (AvgIpc) is 3.12. The van der Waals surface area contributed by atoms with Crippen molar-refractivity contribution in [3.05, 3.63) is 41.5 Å². The standard InChI is InChI=1S/C17H19N3O5/c1-23-13-5-4-6-14(24-2)15(13)16(21)20-8-11-10(18-9-19-11)7-12(20)17(22)25-3/h4-6,9,12H,7-8H2,1-3H3,(H,18,19). The van der Waals surface area contributed by atoms with E-state index in [0.29, 0.717) is 11.5 Å². The van der Waals surface area contributed by atoms with Gasteiger partial charge in [0.05, 0.1) is 45.6 Å². The predicted molar refractivity (Wildman–Crippen MR) is 87.5 cm³/mol. The lowest BCUT2D eigenvalue weighted by atomic mass is 10.0. The third kappa shape index (κ3) is 2.90. The first-order valence-electron chi connectivity index (χ1n) is 7.71. The minimum Gasteiger partial charge on any atom is -0.496 e. The Bertz CT molecular complexity index is 779. The van der Waals surface area contributed by atoms with Crippen LogP contribution in [-0.4, -0.2) is 54.1 Å². The number of carbonyl (C=O) groups is 2. The van der Waals surface area contributed by atoms with Crippen LogP contribution >= 0.6 is 0 Å². The second kappa shape index (κ2) is 6.84. The van der Waals surface area contributed by atoms with Crippen LogP contribution in [0.4, 0.5) is 0 Å².